The summed E-state index contributed by atoms with van der Waals surface area (Å²) in [5.41, 5.74) is 5.01. The summed E-state index contributed by atoms with van der Waals surface area (Å²) < 4.78 is 38.5. The quantitative estimate of drug-likeness (QED) is 0.126. The van der Waals surface area contributed by atoms with E-state index < -0.39 is 42.3 Å². The van der Waals surface area contributed by atoms with Gasteiger partial charge in [-0.15, -0.1) is 0 Å². The number of aliphatic hydroxyl groups is 1. The second kappa shape index (κ2) is 21.7. The van der Waals surface area contributed by atoms with E-state index in [0.29, 0.717) is 0 Å². The van der Waals surface area contributed by atoms with Crippen molar-refractivity contribution in [1.29, 1.82) is 0 Å². The summed E-state index contributed by atoms with van der Waals surface area (Å²) >= 11 is 0. The normalized spacial score (nSPS) is 11.4. The third kappa shape index (κ3) is 36.1. The molecule has 0 saturated heterocycles. The van der Waals surface area contributed by atoms with Gasteiger partial charge in [-0.3, -0.25) is 9.13 Å². The van der Waals surface area contributed by atoms with E-state index >= 15 is 0 Å². The van der Waals surface area contributed by atoms with E-state index in [-0.39, 0.29) is 167 Å². The van der Waals surface area contributed by atoms with Gasteiger partial charge in [0.05, 0.1) is 0 Å². The van der Waals surface area contributed by atoms with Crippen molar-refractivity contribution in [3.63, 3.8) is 0 Å². The van der Waals surface area contributed by atoms with E-state index in [9.17, 15) is 14.2 Å². The largest absolute Gasteiger partial charge is 2.00 e. The first-order chi connectivity index (χ1) is 10.1. The molecule has 28 heavy (non-hydrogen) atoms. The minimum atomic E-state index is -5.39. The van der Waals surface area contributed by atoms with Gasteiger partial charge >= 0.3 is 166 Å². The summed E-state index contributed by atoms with van der Waals surface area (Å²) in [6.07, 6.45) is -0.856. The first kappa shape index (κ1) is 50.4. The molecule has 0 aliphatic carbocycles. The molecule has 0 spiro atoms. The minimum absolute atomic E-state index is 0. The average Bonchev–Trinajstić information content (AvgIpc) is 2.17. The summed E-state index contributed by atoms with van der Waals surface area (Å²) in [6, 6.07) is 0. The molecule has 0 heterocycles. The van der Waals surface area contributed by atoms with Crippen molar-refractivity contribution in [3.05, 3.63) is 0 Å². The molecule has 0 aliphatic rings. The molecule has 0 aromatic carbocycles. The Hall–Kier alpha value is 5.48. The van der Waals surface area contributed by atoms with Crippen molar-refractivity contribution < 1.29 is 75.2 Å². The molecule has 24 heteroatoms. The number of hydrogen-bond donors (Lipinski definition) is 6. The molecule has 0 saturated carbocycles. The molecule has 0 aliphatic heterocycles. The fourth-order valence-electron chi connectivity index (χ4n) is 0.800. The van der Waals surface area contributed by atoms with Gasteiger partial charge in [-0.05, 0) is 13.0 Å². The Kier molecular flexibility index (Phi) is 39.1. The van der Waals surface area contributed by atoms with E-state index in [1.54, 1.807) is 0 Å². The van der Waals surface area contributed by atoms with E-state index in [1.165, 1.54) is 0 Å². The second-order valence-corrected chi connectivity index (χ2v) is 9.45. The van der Waals surface area contributed by atoms with Crippen LogP contribution >= 0.6 is 30.8 Å². The standard InChI is InChI=1S/C4H13NO7P2.4Ca.2H3O4P.2H/c5-3-1-2-4(6,13(7,8)9)14(10,11)12;;;;;2*1-5(2,3)4;;/h6H,1-3,5H2,(H2,7,8,9)(H2,10,11,12);;;;;2*(H3,1,2,3,4);;/q;4*+2;;;2*-1/p-6. The van der Waals surface area contributed by atoms with Gasteiger partial charge in [-0.25, -0.2) is 0 Å². The first-order valence-electron chi connectivity index (χ1n) is 5.06. The average molecular weight is 601 g/mol. The van der Waals surface area contributed by atoms with E-state index in [1.807, 2.05) is 0 Å². The Morgan fingerprint density at radius 1 is 0.714 bits per heavy atom. The van der Waals surface area contributed by atoms with Crippen molar-refractivity contribution in [1.82, 2.24) is 0 Å². The van der Waals surface area contributed by atoms with Gasteiger partial charge in [0.15, 0.2) is 0 Å². The number of phosphoric acid groups is 2. The zero-order chi connectivity index (χ0) is 20.6. The van der Waals surface area contributed by atoms with Gasteiger partial charge in [0.1, 0.15) is 0 Å². The van der Waals surface area contributed by atoms with Crippen LogP contribution in [0.15, 0.2) is 0 Å². The Bertz CT molecular complexity index is 504. The maximum absolute atomic E-state index is 10.7. The SMILES string of the molecule is NCCCC(O)(P(=O)(O)O)P(=O)(O)O.O=P([O-])([O-])[O-].O=P([O-])([O-])[O-].[Ca+2].[Ca+2].[Ca+2].[Ca+2].[H-].[H-]. The Labute approximate surface area is 281 Å². The van der Waals surface area contributed by atoms with Crippen molar-refractivity contribution in [2.75, 3.05) is 6.54 Å². The van der Waals surface area contributed by atoms with Gasteiger partial charge in [-0.2, -0.15) is 15.6 Å². The Morgan fingerprint density at radius 3 is 1.00 bits per heavy atom. The zero-order valence-corrected chi connectivity index (χ0v) is 26.5. The molecule has 154 valence electrons. The van der Waals surface area contributed by atoms with Gasteiger partial charge in [0.25, 0.3) is 5.08 Å². The second-order valence-electron chi connectivity index (χ2n) is 3.65. The summed E-state index contributed by atoms with van der Waals surface area (Å²) in [5.74, 6) is 0. The van der Waals surface area contributed by atoms with Crippen LogP contribution in [0.2, 0.25) is 0 Å². The van der Waals surface area contributed by atoms with Crippen molar-refractivity contribution in [3.8, 4) is 0 Å². The summed E-state index contributed by atoms with van der Waals surface area (Å²) in [5, 5.41) is 5.91. The van der Waals surface area contributed by atoms with Crippen LogP contribution in [-0.2, 0) is 18.3 Å². The van der Waals surface area contributed by atoms with Crippen LogP contribution in [0, 0.1) is 0 Å². The molecule has 0 radical (unpaired) electrons. The molecule has 0 aromatic rings. The Balaban J connectivity index is -0.0000000340. The molecule has 7 N–H and O–H groups in total. The molecule has 0 unspecified atom stereocenters. The molecule has 0 amide bonds. The number of nitrogens with two attached hydrogens (primary N) is 1. The number of hydrogen-bond acceptors (Lipinski definition) is 12. The van der Waals surface area contributed by atoms with Gasteiger partial charge < -0.3 is 71.8 Å². The van der Waals surface area contributed by atoms with E-state index in [0.717, 1.165) is 0 Å². The zero-order valence-electron chi connectivity index (χ0n) is 16.1. The molecular weight excluding hydrogens is 586 g/mol. The number of rotatable bonds is 5. The third-order valence-corrected chi connectivity index (χ3v) is 5.53. The van der Waals surface area contributed by atoms with Crippen LogP contribution < -0.4 is 35.1 Å². The Morgan fingerprint density at radius 2 is 0.893 bits per heavy atom. The van der Waals surface area contributed by atoms with Crippen LogP contribution in [0.4, 0.5) is 0 Å². The van der Waals surface area contributed by atoms with E-state index in [2.05, 4.69) is 0 Å². The maximum atomic E-state index is 10.7. The maximum Gasteiger partial charge on any atom is 2.00 e. The van der Waals surface area contributed by atoms with Crippen LogP contribution in [0.3, 0.4) is 0 Å². The van der Waals surface area contributed by atoms with Gasteiger partial charge in [0.2, 0.25) is 0 Å². The molecule has 0 fully saturated rings. The van der Waals surface area contributed by atoms with Gasteiger partial charge in [0, 0.05) is 6.42 Å². The molecule has 16 nitrogen and oxygen atoms in total. The first-order valence-corrected chi connectivity index (χ1v) is 11.2. The summed E-state index contributed by atoms with van der Waals surface area (Å²) in [6.45, 7) is -0.0394. The molecule has 0 bridgehead atoms. The molecular formula is C4H15Ca4NO15P4. The minimum Gasteiger partial charge on any atom is -1.00 e. The van der Waals surface area contributed by atoms with Crippen LogP contribution in [0.25, 0.3) is 0 Å². The summed E-state index contributed by atoms with van der Waals surface area (Å²) in [4.78, 5) is 85.8. The van der Waals surface area contributed by atoms with Crippen LogP contribution in [0.1, 0.15) is 15.7 Å². The topological polar surface area (TPSA) is 334 Å². The smallest absolute Gasteiger partial charge is 1.00 e. The van der Waals surface area contributed by atoms with E-state index in [4.69, 9.17) is 63.8 Å². The van der Waals surface area contributed by atoms with Crippen molar-refractivity contribution in [2.24, 2.45) is 5.73 Å². The summed E-state index contributed by atoms with van der Waals surface area (Å²) in [7, 11) is -21.4. The molecule has 0 atom stereocenters. The van der Waals surface area contributed by atoms with Crippen molar-refractivity contribution in [2.45, 2.75) is 17.9 Å². The van der Waals surface area contributed by atoms with Crippen LogP contribution in [0.5, 0.6) is 0 Å². The predicted molar refractivity (Wildman–Crippen MR) is 87.8 cm³/mol. The van der Waals surface area contributed by atoms with Gasteiger partial charge in [-0.1, -0.05) is 0 Å². The molecule has 0 aromatic heterocycles. The third-order valence-electron chi connectivity index (χ3n) is 1.65. The predicted octanol–water partition coefficient (Wildman–Crippen LogP) is -8.22. The molecule has 0 rings (SSSR count). The monoisotopic (exact) mass is 601 g/mol. The van der Waals surface area contributed by atoms with Crippen molar-refractivity contribution >= 4 is 182 Å². The fourth-order valence-corrected chi connectivity index (χ4v) is 3.06. The van der Waals surface area contributed by atoms with Crippen LogP contribution in [-0.4, -0.2) is 187 Å². The fraction of sp³-hybridized carbons (Fsp3) is 1.00.